The molecule has 0 bridgehead atoms. The molecule has 3 rings (SSSR count). The van der Waals surface area contributed by atoms with Crippen molar-refractivity contribution in [3.05, 3.63) is 47.5 Å². The molecule has 2 heterocycles. The maximum absolute atomic E-state index is 13.3. The summed E-state index contributed by atoms with van der Waals surface area (Å²) >= 11 is 0. The Morgan fingerprint density at radius 2 is 1.69 bits per heavy atom. The van der Waals surface area contributed by atoms with E-state index in [0.29, 0.717) is 25.5 Å². The predicted molar refractivity (Wildman–Crippen MR) is 124 cm³/mol. The van der Waals surface area contributed by atoms with Crippen molar-refractivity contribution in [1.82, 2.24) is 20.4 Å². The molecule has 1 aromatic carbocycles. The predicted octanol–water partition coefficient (Wildman–Crippen LogP) is 4.52. The van der Waals surface area contributed by atoms with E-state index >= 15 is 0 Å². The van der Waals surface area contributed by atoms with E-state index in [4.69, 9.17) is 4.74 Å². The molecular weight excluding hydrogens is 463 g/mol. The average molecular weight is 494 g/mol. The average Bonchev–Trinajstić information content (AvgIpc) is 2.86. The molecule has 0 atom stereocenters. The third kappa shape index (κ3) is 7.56. The van der Waals surface area contributed by atoms with Crippen LogP contribution < -0.4 is 15.0 Å². The van der Waals surface area contributed by atoms with E-state index in [1.54, 1.807) is 6.07 Å². The first-order valence-electron chi connectivity index (χ1n) is 11.8. The number of carbonyl (C=O) groups excluding carboxylic acids is 2. The number of benzene rings is 1. The van der Waals surface area contributed by atoms with Gasteiger partial charge in [0, 0.05) is 38.8 Å². The Morgan fingerprint density at radius 1 is 0.971 bits per heavy atom. The number of aromatic nitrogens is 2. The molecule has 11 heteroatoms. The highest BCUT2D eigenvalue weighted by atomic mass is 19.4. The zero-order valence-corrected chi connectivity index (χ0v) is 19.7. The fraction of sp³-hybridized carbons (Fsp3) is 0.500. The number of nitrogens with one attached hydrogen (secondary N) is 1. The number of carbonyl (C=O) groups is 2. The van der Waals surface area contributed by atoms with E-state index in [1.807, 2.05) is 4.90 Å². The molecule has 2 aromatic rings. The Bertz CT molecular complexity index is 977. The number of anilines is 1. The van der Waals surface area contributed by atoms with Gasteiger partial charge >= 0.3 is 12.3 Å². The Morgan fingerprint density at radius 3 is 2.34 bits per heavy atom. The lowest BCUT2D eigenvalue weighted by Gasteiger charge is -2.35. The van der Waals surface area contributed by atoms with Crippen molar-refractivity contribution in [3.8, 4) is 5.88 Å². The van der Waals surface area contributed by atoms with Gasteiger partial charge in [0.15, 0.2) is 5.82 Å². The minimum absolute atomic E-state index is 0.0646. The zero-order chi connectivity index (χ0) is 25.3. The van der Waals surface area contributed by atoms with Gasteiger partial charge in [-0.15, -0.1) is 10.2 Å². The molecular formula is C24H30F3N5O3. The monoisotopic (exact) mass is 493 g/mol. The van der Waals surface area contributed by atoms with Gasteiger partial charge in [-0.1, -0.05) is 44.7 Å². The van der Waals surface area contributed by atoms with E-state index in [-0.39, 0.29) is 24.5 Å². The second-order valence-electron chi connectivity index (χ2n) is 8.28. The lowest BCUT2D eigenvalue weighted by atomic mass is 10.1. The van der Waals surface area contributed by atoms with Crippen LogP contribution in [-0.4, -0.2) is 59.8 Å². The number of amides is 2. The van der Waals surface area contributed by atoms with Crippen LogP contribution in [0.25, 0.3) is 0 Å². The molecule has 1 aliphatic heterocycles. The summed E-state index contributed by atoms with van der Waals surface area (Å²) in [6.45, 7) is 3.92. The normalized spacial score (nSPS) is 14.1. The highest BCUT2D eigenvalue weighted by Gasteiger charge is 2.36. The largest absolute Gasteiger partial charge is 0.417 e. The zero-order valence-electron chi connectivity index (χ0n) is 19.7. The van der Waals surface area contributed by atoms with Gasteiger partial charge in [0.05, 0.1) is 11.1 Å². The van der Waals surface area contributed by atoms with Gasteiger partial charge in [0.2, 0.25) is 5.88 Å². The summed E-state index contributed by atoms with van der Waals surface area (Å²) in [5, 5.41) is 10.7. The fourth-order valence-electron chi connectivity index (χ4n) is 3.81. The Kier molecular flexibility index (Phi) is 9.27. The Balaban J connectivity index is 1.47. The maximum atomic E-state index is 13.3. The molecule has 1 saturated heterocycles. The number of halogens is 3. The second kappa shape index (κ2) is 12.4. The summed E-state index contributed by atoms with van der Waals surface area (Å²) in [7, 11) is 0. The van der Waals surface area contributed by atoms with Crippen molar-refractivity contribution in [1.29, 1.82) is 0 Å². The maximum Gasteiger partial charge on any atom is 0.417 e. The van der Waals surface area contributed by atoms with Crippen LogP contribution in [0.5, 0.6) is 5.88 Å². The van der Waals surface area contributed by atoms with Crippen LogP contribution in [-0.2, 0) is 6.18 Å². The molecule has 1 aromatic heterocycles. The SMILES string of the molecule is CCCCCCCNC(=O)Oc1ccc(N2CCN(C(=O)c3ccccc3C(F)(F)F)CC2)nn1. The molecule has 0 spiro atoms. The van der Waals surface area contributed by atoms with Crippen molar-refractivity contribution >= 4 is 17.8 Å². The van der Waals surface area contributed by atoms with Crippen LogP contribution in [0.4, 0.5) is 23.8 Å². The summed E-state index contributed by atoms with van der Waals surface area (Å²) in [4.78, 5) is 27.9. The van der Waals surface area contributed by atoms with Gasteiger partial charge in [-0.05, 0) is 24.6 Å². The number of hydrogen-bond acceptors (Lipinski definition) is 6. The highest BCUT2D eigenvalue weighted by Crippen LogP contribution is 2.32. The molecule has 1 N–H and O–H groups in total. The van der Waals surface area contributed by atoms with Crippen molar-refractivity contribution < 1.29 is 27.5 Å². The Labute approximate surface area is 202 Å². The van der Waals surface area contributed by atoms with Gasteiger partial charge in [-0.3, -0.25) is 4.79 Å². The third-order valence-electron chi connectivity index (χ3n) is 5.73. The van der Waals surface area contributed by atoms with E-state index in [1.165, 1.54) is 35.6 Å². The molecule has 0 saturated carbocycles. The van der Waals surface area contributed by atoms with Gasteiger partial charge in [-0.2, -0.15) is 13.2 Å². The van der Waals surface area contributed by atoms with Crippen LogP contribution in [0.15, 0.2) is 36.4 Å². The minimum Gasteiger partial charge on any atom is -0.390 e. The topological polar surface area (TPSA) is 87.7 Å². The molecule has 0 radical (unpaired) electrons. The second-order valence-corrected chi connectivity index (χ2v) is 8.28. The van der Waals surface area contributed by atoms with E-state index < -0.39 is 23.7 Å². The van der Waals surface area contributed by atoms with Crippen molar-refractivity contribution in [2.45, 2.75) is 45.2 Å². The number of nitrogens with zero attached hydrogens (tertiary/aromatic N) is 4. The molecule has 8 nitrogen and oxygen atoms in total. The summed E-state index contributed by atoms with van der Waals surface area (Å²) in [6, 6.07) is 7.98. The van der Waals surface area contributed by atoms with Gasteiger partial charge < -0.3 is 19.9 Å². The molecule has 1 fully saturated rings. The van der Waals surface area contributed by atoms with Gasteiger partial charge in [0.25, 0.3) is 5.91 Å². The number of rotatable bonds is 9. The van der Waals surface area contributed by atoms with Crippen molar-refractivity contribution in [3.63, 3.8) is 0 Å². The van der Waals surface area contributed by atoms with Crippen LogP contribution >= 0.6 is 0 Å². The first kappa shape index (κ1) is 26.2. The first-order valence-corrected chi connectivity index (χ1v) is 11.8. The van der Waals surface area contributed by atoms with Crippen molar-refractivity contribution in [2.75, 3.05) is 37.6 Å². The number of alkyl halides is 3. The van der Waals surface area contributed by atoms with Crippen LogP contribution in [0.2, 0.25) is 0 Å². The number of ether oxygens (including phenoxy) is 1. The molecule has 0 aliphatic carbocycles. The summed E-state index contributed by atoms with van der Waals surface area (Å²) in [6.07, 6.45) is 0.237. The Hall–Kier alpha value is -3.37. The summed E-state index contributed by atoms with van der Waals surface area (Å²) in [5.41, 5.74) is -1.29. The summed E-state index contributed by atoms with van der Waals surface area (Å²) < 4.78 is 44.9. The van der Waals surface area contributed by atoms with Gasteiger partial charge in [0.1, 0.15) is 0 Å². The molecule has 1 aliphatic rings. The standard InChI is InChI=1S/C24H30F3N5O3/c1-2-3-4-5-8-13-28-23(34)35-21-12-11-20(29-30-21)31-14-16-32(17-15-31)22(33)18-9-6-7-10-19(18)24(25,26)27/h6-7,9-12H,2-5,8,13-17H2,1H3,(H,28,34). The minimum atomic E-state index is -4.60. The van der Waals surface area contributed by atoms with Crippen LogP contribution in [0, 0.1) is 0 Å². The van der Waals surface area contributed by atoms with Crippen LogP contribution in [0.3, 0.4) is 0 Å². The number of hydrogen-bond donors (Lipinski definition) is 1. The molecule has 2 amide bonds. The van der Waals surface area contributed by atoms with E-state index in [0.717, 1.165) is 31.7 Å². The summed E-state index contributed by atoms with van der Waals surface area (Å²) in [5.74, 6) is -0.0601. The first-order chi connectivity index (χ1) is 16.8. The molecule has 35 heavy (non-hydrogen) atoms. The highest BCUT2D eigenvalue weighted by molar-refractivity contribution is 5.96. The van der Waals surface area contributed by atoms with Crippen LogP contribution in [0.1, 0.15) is 54.9 Å². The quantitative estimate of drug-likeness (QED) is 0.517. The number of unbranched alkanes of at least 4 members (excludes halogenated alkanes) is 4. The lowest BCUT2D eigenvalue weighted by Crippen LogP contribution is -2.49. The molecule has 0 unspecified atom stereocenters. The van der Waals surface area contributed by atoms with Crippen molar-refractivity contribution in [2.24, 2.45) is 0 Å². The smallest absolute Gasteiger partial charge is 0.390 e. The third-order valence-corrected chi connectivity index (χ3v) is 5.73. The lowest BCUT2D eigenvalue weighted by molar-refractivity contribution is -0.138. The molecule has 190 valence electrons. The fourth-order valence-corrected chi connectivity index (χ4v) is 3.81. The van der Waals surface area contributed by atoms with E-state index in [9.17, 15) is 22.8 Å². The number of piperazine rings is 1. The van der Waals surface area contributed by atoms with Gasteiger partial charge in [-0.25, -0.2) is 4.79 Å². The van der Waals surface area contributed by atoms with E-state index in [2.05, 4.69) is 22.4 Å².